The lowest BCUT2D eigenvalue weighted by atomic mass is 10.1. The molecule has 0 radical (unpaired) electrons. The van der Waals surface area contributed by atoms with E-state index in [2.05, 4.69) is 25.1 Å². The van der Waals surface area contributed by atoms with Crippen molar-refractivity contribution in [3.05, 3.63) is 46.5 Å². The molecule has 0 saturated carbocycles. The van der Waals surface area contributed by atoms with Crippen molar-refractivity contribution in [3.8, 4) is 22.8 Å². The van der Waals surface area contributed by atoms with Crippen LogP contribution in [-0.2, 0) is 0 Å². The lowest BCUT2D eigenvalue weighted by Gasteiger charge is -2.03. The van der Waals surface area contributed by atoms with Crippen LogP contribution in [0.15, 0.2) is 30.6 Å². The van der Waals surface area contributed by atoms with E-state index in [4.69, 9.17) is 23.2 Å². The van der Waals surface area contributed by atoms with E-state index < -0.39 is 0 Å². The van der Waals surface area contributed by atoms with Crippen LogP contribution < -0.4 is 0 Å². The van der Waals surface area contributed by atoms with Crippen LogP contribution in [0, 0.1) is 6.92 Å². The number of H-pyrrole nitrogens is 1. The van der Waals surface area contributed by atoms with E-state index in [1.54, 1.807) is 12.1 Å². The Morgan fingerprint density at radius 2 is 1.75 bits per heavy atom. The number of aromatic nitrogens is 5. The van der Waals surface area contributed by atoms with Gasteiger partial charge in [0.2, 0.25) is 0 Å². The third kappa shape index (κ3) is 2.50. The van der Waals surface area contributed by atoms with E-state index in [1.165, 1.54) is 6.33 Å². The predicted molar refractivity (Wildman–Crippen MR) is 77.6 cm³/mol. The number of aromatic amines is 1. The SMILES string of the molecule is Cc1nnc(-c2cc(-c3ccc(Cl)c(Cl)c3)ncn2)[nH]1. The molecule has 1 N–H and O–H groups in total. The summed E-state index contributed by atoms with van der Waals surface area (Å²) in [7, 11) is 0. The maximum Gasteiger partial charge on any atom is 0.180 e. The second-order valence-electron chi connectivity index (χ2n) is 4.18. The topological polar surface area (TPSA) is 67.3 Å². The van der Waals surface area contributed by atoms with Crippen LogP contribution in [0.1, 0.15) is 5.82 Å². The minimum Gasteiger partial charge on any atom is -0.324 e. The fourth-order valence-electron chi connectivity index (χ4n) is 1.76. The van der Waals surface area contributed by atoms with E-state index in [9.17, 15) is 0 Å². The molecular formula is C13H9Cl2N5. The summed E-state index contributed by atoms with van der Waals surface area (Å²) in [6.45, 7) is 1.83. The molecule has 0 spiro atoms. The standard InChI is InChI=1S/C13H9Cl2N5/c1-7-18-13(20-19-7)12-5-11(16-6-17-12)8-2-3-9(14)10(15)4-8/h2-6H,1H3,(H,18,19,20). The van der Waals surface area contributed by atoms with E-state index in [-0.39, 0.29) is 0 Å². The lowest BCUT2D eigenvalue weighted by Crippen LogP contribution is -1.91. The van der Waals surface area contributed by atoms with Crippen molar-refractivity contribution >= 4 is 23.2 Å². The molecule has 3 aromatic rings. The highest BCUT2D eigenvalue weighted by atomic mass is 35.5. The molecule has 0 unspecified atom stereocenters. The van der Waals surface area contributed by atoms with Crippen molar-refractivity contribution in [2.24, 2.45) is 0 Å². The molecule has 7 heteroatoms. The van der Waals surface area contributed by atoms with Crippen molar-refractivity contribution in [1.82, 2.24) is 25.1 Å². The Bertz CT molecular complexity index is 769. The van der Waals surface area contributed by atoms with Crippen molar-refractivity contribution in [2.45, 2.75) is 6.92 Å². The highest BCUT2D eigenvalue weighted by Crippen LogP contribution is 2.28. The summed E-state index contributed by atoms with van der Waals surface area (Å²) in [5.41, 5.74) is 2.27. The number of benzene rings is 1. The van der Waals surface area contributed by atoms with Crippen LogP contribution in [0.5, 0.6) is 0 Å². The fraction of sp³-hybridized carbons (Fsp3) is 0.0769. The first-order valence-corrected chi connectivity index (χ1v) is 6.56. The lowest BCUT2D eigenvalue weighted by molar-refractivity contribution is 1.04. The van der Waals surface area contributed by atoms with Gasteiger partial charge < -0.3 is 4.98 Å². The van der Waals surface area contributed by atoms with Crippen LogP contribution in [0.3, 0.4) is 0 Å². The van der Waals surface area contributed by atoms with Gasteiger partial charge in [-0.2, -0.15) is 0 Å². The molecule has 1 aromatic carbocycles. The Morgan fingerprint density at radius 3 is 2.45 bits per heavy atom. The summed E-state index contributed by atoms with van der Waals surface area (Å²) >= 11 is 11.9. The quantitative estimate of drug-likeness (QED) is 0.786. The Labute approximate surface area is 125 Å². The smallest absolute Gasteiger partial charge is 0.180 e. The molecule has 3 rings (SSSR count). The number of halogens is 2. The first-order valence-electron chi connectivity index (χ1n) is 5.80. The average molecular weight is 306 g/mol. The van der Waals surface area contributed by atoms with Gasteiger partial charge in [-0.25, -0.2) is 9.97 Å². The predicted octanol–water partition coefficient (Wildman–Crippen LogP) is 3.54. The Balaban J connectivity index is 2.04. The van der Waals surface area contributed by atoms with Gasteiger partial charge in [-0.15, -0.1) is 10.2 Å². The first kappa shape index (κ1) is 13.0. The summed E-state index contributed by atoms with van der Waals surface area (Å²) in [5.74, 6) is 1.33. The molecular weight excluding hydrogens is 297 g/mol. The van der Waals surface area contributed by atoms with Gasteiger partial charge in [0.25, 0.3) is 0 Å². The van der Waals surface area contributed by atoms with Crippen LogP contribution in [0.2, 0.25) is 10.0 Å². The van der Waals surface area contributed by atoms with E-state index in [0.717, 1.165) is 17.1 Å². The summed E-state index contributed by atoms with van der Waals surface area (Å²) in [6, 6.07) is 7.17. The number of hydrogen-bond donors (Lipinski definition) is 1. The van der Waals surface area contributed by atoms with E-state index in [0.29, 0.717) is 21.6 Å². The normalized spacial score (nSPS) is 10.8. The zero-order valence-corrected chi connectivity index (χ0v) is 11.9. The number of hydrogen-bond acceptors (Lipinski definition) is 4. The highest BCUT2D eigenvalue weighted by molar-refractivity contribution is 6.42. The van der Waals surface area contributed by atoms with E-state index in [1.807, 2.05) is 19.1 Å². The van der Waals surface area contributed by atoms with Crippen LogP contribution in [0.4, 0.5) is 0 Å². The van der Waals surface area contributed by atoms with Crippen LogP contribution in [0.25, 0.3) is 22.8 Å². The van der Waals surface area contributed by atoms with Gasteiger partial charge in [0.1, 0.15) is 17.8 Å². The second kappa shape index (κ2) is 5.19. The maximum atomic E-state index is 6.02. The van der Waals surface area contributed by atoms with Crippen molar-refractivity contribution in [2.75, 3.05) is 0 Å². The zero-order valence-electron chi connectivity index (χ0n) is 10.4. The summed E-state index contributed by atoms with van der Waals surface area (Å²) < 4.78 is 0. The van der Waals surface area contributed by atoms with Gasteiger partial charge in [-0.1, -0.05) is 29.3 Å². The summed E-state index contributed by atoms with van der Waals surface area (Å²) in [5, 5.41) is 8.92. The largest absolute Gasteiger partial charge is 0.324 e. The third-order valence-corrected chi connectivity index (χ3v) is 3.46. The molecule has 0 fully saturated rings. The molecule has 100 valence electrons. The van der Waals surface area contributed by atoms with Gasteiger partial charge in [0, 0.05) is 5.56 Å². The molecule has 0 amide bonds. The summed E-state index contributed by atoms with van der Waals surface area (Å²) in [4.78, 5) is 11.5. The molecule has 0 saturated heterocycles. The first-order chi connectivity index (χ1) is 9.63. The molecule has 0 aliphatic rings. The van der Waals surface area contributed by atoms with Crippen molar-refractivity contribution in [1.29, 1.82) is 0 Å². The minimum absolute atomic E-state index is 0.486. The van der Waals surface area contributed by atoms with Gasteiger partial charge in [-0.05, 0) is 25.1 Å². The summed E-state index contributed by atoms with van der Waals surface area (Å²) in [6.07, 6.45) is 1.48. The monoisotopic (exact) mass is 305 g/mol. The molecule has 0 aliphatic heterocycles. The van der Waals surface area contributed by atoms with Gasteiger partial charge >= 0.3 is 0 Å². The maximum absolute atomic E-state index is 6.02. The number of aryl methyl sites for hydroxylation is 1. The number of nitrogens with one attached hydrogen (secondary N) is 1. The molecule has 0 bridgehead atoms. The minimum atomic E-state index is 0.486. The molecule has 0 atom stereocenters. The Morgan fingerprint density at radius 1 is 0.950 bits per heavy atom. The van der Waals surface area contributed by atoms with Gasteiger partial charge in [0.15, 0.2) is 5.82 Å². The third-order valence-electron chi connectivity index (χ3n) is 2.72. The molecule has 2 aromatic heterocycles. The van der Waals surface area contributed by atoms with Crippen LogP contribution >= 0.6 is 23.2 Å². The Kier molecular flexibility index (Phi) is 3.38. The molecule has 2 heterocycles. The molecule has 5 nitrogen and oxygen atoms in total. The van der Waals surface area contributed by atoms with Crippen LogP contribution in [-0.4, -0.2) is 25.1 Å². The number of rotatable bonds is 2. The van der Waals surface area contributed by atoms with Crippen molar-refractivity contribution < 1.29 is 0 Å². The highest BCUT2D eigenvalue weighted by Gasteiger charge is 2.08. The molecule has 20 heavy (non-hydrogen) atoms. The molecule has 0 aliphatic carbocycles. The fourth-order valence-corrected chi connectivity index (χ4v) is 2.06. The Hall–Kier alpha value is -1.98. The second-order valence-corrected chi connectivity index (χ2v) is 4.99. The number of nitrogens with zero attached hydrogens (tertiary/aromatic N) is 4. The van der Waals surface area contributed by atoms with E-state index >= 15 is 0 Å². The van der Waals surface area contributed by atoms with Gasteiger partial charge in [-0.3, -0.25) is 0 Å². The zero-order chi connectivity index (χ0) is 14.1. The van der Waals surface area contributed by atoms with Crippen molar-refractivity contribution in [3.63, 3.8) is 0 Å². The average Bonchev–Trinajstić information content (AvgIpc) is 2.89. The van der Waals surface area contributed by atoms with Gasteiger partial charge in [0.05, 0.1) is 15.7 Å².